The van der Waals surface area contributed by atoms with Crippen LogP contribution in [0.4, 0.5) is 11.4 Å². The molecule has 25 heavy (non-hydrogen) atoms. The van der Waals surface area contributed by atoms with E-state index in [-0.39, 0.29) is 30.0 Å². The Morgan fingerprint density at radius 3 is 2.64 bits per heavy atom. The lowest BCUT2D eigenvalue weighted by atomic mass is 10.1. The normalized spacial score (nSPS) is 14.4. The van der Waals surface area contributed by atoms with Gasteiger partial charge in [-0.05, 0) is 61.6 Å². The third-order valence-corrected chi connectivity index (χ3v) is 4.72. The molecule has 1 aliphatic rings. The number of rotatable bonds is 5. The summed E-state index contributed by atoms with van der Waals surface area (Å²) in [6.07, 6.45) is 3.62. The van der Waals surface area contributed by atoms with Crippen LogP contribution in [0.15, 0.2) is 53.5 Å². The highest BCUT2D eigenvalue weighted by atomic mass is 127. The van der Waals surface area contributed by atoms with E-state index in [1.807, 2.05) is 18.2 Å². The van der Waals surface area contributed by atoms with Gasteiger partial charge in [0.05, 0.1) is 6.54 Å². The smallest absolute Gasteiger partial charge is 0.193 e. The fourth-order valence-electron chi connectivity index (χ4n) is 3.11. The molecule has 0 heterocycles. The molecular weight excluding hydrogens is 423 g/mol. The molecule has 0 aromatic heterocycles. The highest BCUT2D eigenvalue weighted by Crippen LogP contribution is 2.24. The summed E-state index contributed by atoms with van der Waals surface area (Å²) in [6.45, 7) is 2.80. The molecule has 2 aromatic rings. The number of benzene rings is 2. The number of anilines is 2. The standard InChI is InChI=1S/C20H26N4.HI/c1-15(24(2)19-9-4-3-5-10-19)14-22-20(21)23-18-12-11-16-7-6-8-17(16)13-18;/h3-5,9-13,15H,6-8,14H2,1-2H3,(H3,21,22,23);1H. The molecule has 0 bridgehead atoms. The van der Waals surface area contributed by atoms with Crippen molar-refractivity contribution in [1.29, 1.82) is 0 Å². The van der Waals surface area contributed by atoms with Gasteiger partial charge in [0.25, 0.3) is 0 Å². The van der Waals surface area contributed by atoms with Crippen molar-refractivity contribution in [3.8, 4) is 0 Å². The summed E-state index contributed by atoms with van der Waals surface area (Å²) in [6, 6.07) is 17.1. The number of nitrogens with zero attached hydrogens (tertiary/aromatic N) is 2. The SMILES string of the molecule is CC(CN=C(N)Nc1ccc2c(c1)CCC2)N(C)c1ccccc1.I. The van der Waals surface area contributed by atoms with Crippen LogP contribution in [0.2, 0.25) is 0 Å². The average molecular weight is 450 g/mol. The molecule has 4 nitrogen and oxygen atoms in total. The van der Waals surface area contributed by atoms with Crippen LogP contribution in [0.1, 0.15) is 24.5 Å². The van der Waals surface area contributed by atoms with Crippen LogP contribution in [0.5, 0.6) is 0 Å². The van der Waals surface area contributed by atoms with Gasteiger partial charge in [-0.25, -0.2) is 0 Å². The van der Waals surface area contributed by atoms with Crippen molar-refractivity contribution in [2.45, 2.75) is 32.2 Å². The van der Waals surface area contributed by atoms with E-state index < -0.39 is 0 Å². The topological polar surface area (TPSA) is 53.6 Å². The maximum Gasteiger partial charge on any atom is 0.193 e. The van der Waals surface area contributed by atoms with E-state index in [1.54, 1.807) is 0 Å². The number of aliphatic imine (C=N–C) groups is 1. The molecule has 2 aromatic carbocycles. The van der Waals surface area contributed by atoms with E-state index >= 15 is 0 Å². The zero-order chi connectivity index (χ0) is 16.9. The number of halogens is 1. The number of para-hydroxylation sites is 1. The van der Waals surface area contributed by atoms with Crippen molar-refractivity contribution >= 4 is 41.3 Å². The second-order valence-corrected chi connectivity index (χ2v) is 6.48. The van der Waals surface area contributed by atoms with Crippen molar-refractivity contribution in [3.05, 3.63) is 59.7 Å². The van der Waals surface area contributed by atoms with Gasteiger partial charge in [0.15, 0.2) is 5.96 Å². The minimum Gasteiger partial charge on any atom is -0.370 e. The van der Waals surface area contributed by atoms with E-state index in [2.05, 4.69) is 59.5 Å². The first-order valence-corrected chi connectivity index (χ1v) is 8.60. The Bertz CT molecular complexity index is 715. The molecule has 1 atom stereocenters. The van der Waals surface area contributed by atoms with Crippen molar-refractivity contribution in [2.24, 2.45) is 10.7 Å². The third-order valence-electron chi connectivity index (χ3n) is 4.72. The van der Waals surface area contributed by atoms with Crippen molar-refractivity contribution < 1.29 is 0 Å². The zero-order valence-corrected chi connectivity index (χ0v) is 17.2. The molecule has 134 valence electrons. The lowest BCUT2D eigenvalue weighted by Gasteiger charge is -2.25. The molecule has 0 amide bonds. The van der Waals surface area contributed by atoms with Gasteiger partial charge in [0.2, 0.25) is 0 Å². The van der Waals surface area contributed by atoms with Crippen LogP contribution >= 0.6 is 24.0 Å². The molecule has 0 saturated carbocycles. The Morgan fingerprint density at radius 2 is 1.88 bits per heavy atom. The number of guanidine groups is 1. The predicted octanol–water partition coefficient (Wildman–Crippen LogP) is 4.04. The Morgan fingerprint density at radius 1 is 1.16 bits per heavy atom. The molecular formula is C20H27IN4. The first-order chi connectivity index (χ1) is 11.6. The number of nitrogens with one attached hydrogen (secondary N) is 1. The van der Waals surface area contributed by atoms with Gasteiger partial charge >= 0.3 is 0 Å². The van der Waals surface area contributed by atoms with Crippen molar-refractivity contribution in [2.75, 3.05) is 23.8 Å². The molecule has 0 spiro atoms. The summed E-state index contributed by atoms with van der Waals surface area (Å²) in [5.74, 6) is 0.473. The van der Waals surface area contributed by atoms with Crippen LogP contribution in [0, 0.1) is 0 Å². The first-order valence-electron chi connectivity index (χ1n) is 8.60. The maximum absolute atomic E-state index is 6.06. The number of hydrogen-bond acceptors (Lipinski definition) is 2. The third kappa shape index (κ3) is 5.11. The van der Waals surface area contributed by atoms with Gasteiger partial charge in [-0.3, -0.25) is 4.99 Å². The van der Waals surface area contributed by atoms with E-state index in [4.69, 9.17) is 5.73 Å². The van der Waals surface area contributed by atoms with Gasteiger partial charge in [-0.1, -0.05) is 24.3 Å². The fraction of sp³-hybridized carbons (Fsp3) is 0.350. The first kappa shape index (κ1) is 19.6. The predicted molar refractivity (Wildman–Crippen MR) is 118 cm³/mol. The molecule has 0 aliphatic heterocycles. The van der Waals surface area contributed by atoms with Gasteiger partial charge in [-0.15, -0.1) is 24.0 Å². The molecule has 0 radical (unpaired) electrons. The number of nitrogens with two attached hydrogens (primary N) is 1. The highest BCUT2D eigenvalue weighted by Gasteiger charge is 2.11. The maximum atomic E-state index is 6.06. The molecule has 3 rings (SSSR count). The van der Waals surface area contributed by atoms with Gasteiger partial charge < -0.3 is 16.0 Å². The summed E-state index contributed by atoms with van der Waals surface area (Å²) >= 11 is 0. The second-order valence-electron chi connectivity index (χ2n) is 6.48. The van der Waals surface area contributed by atoms with Crippen LogP contribution in [-0.4, -0.2) is 25.6 Å². The number of likely N-dealkylation sites (N-methyl/N-ethyl adjacent to an activating group) is 1. The summed E-state index contributed by atoms with van der Waals surface area (Å²) in [5.41, 5.74) is 11.2. The van der Waals surface area contributed by atoms with E-state index in [1.165, 1.54) is 36.1 Å². The van der Waals surface area contributed by atoms with Crippen LogP contribution in [0.25, 0.3) is 0 Å². The highest BCUT2D eigenvalue weighted by molar-refractivity contribution is 14.0. The summed E-state index contributed by atoms with van der Waals surface area (Å²) in [7, 11) is 2.08. The minimum absolute atomic E-state index is 0. The number of fused-ring (bicyclic) bond motifs is 1. The Hall–Kier alpha value is -1.76. The van der Waals surface area contributed by atoms with Gasteiger partial charge in [0.1, 0.15) is 0 Å². The molecule has 1 aliphatic carbocycles. The van der Waals surface area contributed by atoms with E-state index in [9.17, 15) is 0 Å². The zero-order valence-electron chi connectivity index (χ0n) is 14.9. The molecule has 0 saturated heterocycles. The quantitative estimate of drug-likeness (QED) is 0.411. The molecule has 5 heteroatoms. The van der Waals surface area contributed by atoms with Crippen molar-refractivity contribution in [1.82, 2.24) is 0 Å². The van der Waals surface area contributed by atoms with Crippen LogP contribution in [-0.2, 0) is 12.8 Å². The van der Waals surface area contributed by atoms with Crippen molar-refractivity contribution in [3.63, 3.8) is 0 Å². The van der Waals surface area contributed by atoms with E-state index in [0.29, 0.717) is 12.5 Å². The number of hydrogen-bond donors (Lipinski definition) is 2. The lowest BCUT2D eigenvalue weighted by Crippen LogP contribution is -2.33. The summed E-state index contributed by atoms with van der Waals surface area (Å²) < 4.78 is 0. The Kier molecular flexibility index (Phi) is 7.11. The van der Waals surface area contributed by atoms with E-state index in [0.717, 1.165) is 5.69 Å². The molecule has 3 N–H and O–H groups in total. The van der Waals surface area contributed by atoms with Crippen LogP contribution in [0.3, 0.4) is 0 Å². The Balaban J connectivity index is 0.00000225. The van der Waals surface area contributed by atoms with Crippen LogP contribution < -0.4 is 16.0 Å². The minimum atomic E-state index is 0. The molecule has 0 fully saturated rings. The average Bonchev–Trinajstić information content (AvgIpc) is 3.07. The monoisotopic (exact) mass is 450 g/mol. The molecule has 1 unspecified atom stereocenters. The second kappa shape index (κ2) is 9.08. The Labute approximate surface area is 167 Å². The summed E-state index contributed by atoms with van der Waals surface area (Å²) in [5, 5.41) is 3.21. The summed E-state index contributed by atoms with van der Waals surface area (Å²) in [4.78, 5) is 6.72. The fourth-order valence-corrected chi connectivity index (χ4v) is 3.11. The number of aryl methyl sites for hydroxylation is 2. The lowest BCUT2D eigenvalue weighted by molar-refractivity contribution is 0.696. The van der Waals surface area contributed by atoms with Gasteiger partial charge in [-0.2, -0.15) is 0 Å². The van der Waals surface area contributed by atoms with Gasteiger partial charge in [0, 0.05) is 24.5 Å². The largest absolute Gasteiger partial charge is 0.370 e.